The molecule has 2 amide bonds. The number of piperidine rings is 1. The number of fused-ring (bicyclic) bond motifs is 5. The van der Waals surface area contributed by atoms with Crippen LogP contribution >= 0.6 is 0 Å². The lowest BCUT2D eigenvalue weighted by atomic mass is 9.62. The molecular weight excluding hydrogens is 480 g/mol. The Kier molecular flexibility index (Phi) is 7.42. The zero-order chi connectivity index (χ0) is 27.2. The number of hydrogen-bond acceptors (Lipinski definition) is 8. The Labute approximate surface area is 218 Å². The molecule has 0 radical (unpaired) electrons. The van der Waals surface area contributed by atoms with Crippen molar-refractivity contribution in [2.24, 2.45) is 17.8 Å². The molecule has 0 aromatic heterocycles. The van der Waals surface area contributed by atoms with E-state index in [1.807, 2.05) is 34.6 Å². The standard InChI is InChI=1S/C27H42N2O8/c1-17-11-19-13-25(14-19,28-21(30)7-8-22(31)34-6)12-18(2)27(17,37-33)36-26-9-10-29(16-20(26)15-26)23(32)35-24(3,4)5/h11,17-18,20,33H,7-10,12-16H2,1-6H3,(H,28,30). The number of carbonyl (C=O) groups is 3. The fraction of sp³-hybridized carbons (Fsp3) is 0.815. The topological polar surface area (TPSA) is 124 Å². The molecule has 1 aliphatic heterocycles. The molecule has 5 rings (SSSR count). The highest BCUT2D eigenvalue weighted by Gasteiger charge is 2.65. The molecule has 10 nitrogen and oxygen atoms in total. The second kappa shape index (κ2) is 9.85. The Morgan fingerprint density at radius 3 is 2.46 bits per heavy atom. The van der Waals surface area contributed by atoms with E-state index in [0.29, 0.717) is 25.9 Å². The van der Waals surface area contributed by atoms with Gasteiger partial charge in [0.25, 0.3) is 0 Å². The van der Waals surface area contributed by atoms with E-state index < -0.39 is 28.5 Å². The second-order valence-electron chi connectivity index (χ2n) is 12.5. The van der Waals surface area contributed by atoms with Crippen molar-refractivity contribution >= 4 is 18.0 Å². The van der Waals surface area contributed by atoms with Gasteiger partial charge in [-0.2, -0.15) is 0 Å². The number of carbonyl (C=O) groups excluding carboxylic acids is 3. The number of rotatable bonds is 7. The SMILES string of the molecule is COC(=O)CCC(=O)NC12CC(=CC(C)C(OO)(OC34CCN(C(=O)OC(C)(C)C)CC3C4)C(C)C1)C2. The highest BCUT2D eigenvalue weighted by molar-refractivity contribution is 5.82. The summed E-state index contributed by atoms with van der Waals surface area (Å²) in [5.74, 6) is -2.21. The van der Waals surface area contributed by atoms with Crippen LogP contribution in [0.3, 0.4) is 0 Å². The summed E-state index contributed by atoms with van der Waals surface area (Å²) >= 11 is 0. The third-order valence-electron chi connectivity index (χ3n) is 8.40. The fourth-order valence-electron chi connectivity index (χ4n) is 6.49. The van der Waals surface area contributed by atoms with Gasteiger partial charge in [-0.15, -0.1) is 0 Å². The number of nitrogens with zero attached hydrogens (tertiary/aromatic N) is 1. The van der Waals surface area contributed by atoms with E-state index in [-0.39, 0.29) is 42.6 Å². The lowest BCUT2D eigenvalue weighted by Gasteiger charge is -2.53. The second-order valence-corrected chi connectivity index (χ2v) is 12.5. The summed E-state index contributed by atoms with van der Waals surface area (Å²) in [6.07, 6.45) is 5.30. The average molecular weight is 523 g/mol. The minimum absolute atomic E-state index is 0.0325. The lowest BCUT2D eigenvalue weighted by Crippen LogP contribution is -2.61. The lowest BCUT2D eigenvalue weighted by molar-refractivity contribution is -0.446. The molecule has 5 aliphatic rings. The number of hydrogen-bond donors (Lipinski definition) is 2. The summed E-state index contributed by atoms with van der Waals surface area (Å²) < 4.78 is 16.9. The number of ether oxygens (including phenoxy) is 3. The molecule has 2 bridgehead atoms. The van der Waals surface area contributed by atoms with Crippen molar-refractivity contribution in [1.29, 1.82) is 0 Å². The van der Waals surface area contributed by atoms with E-state index in [1.165, 1.54) is 12.7 Å². The minimum atomic E-state index is -1.28. The first-order valence-electron chi connectivity index (χ1n) is 13.3. The van der Waals surface area contributed by atoms with Crippen LogP contribution in [-0.4, -0.2) is 70.9 Å². The Morgan fingerprint density at radius 1 is 1.16 bits per heavy atom. The van der Waals surface area contributed by atoms with Gasteiger partial charge in [-0.1, -0.05) is 25.5 Å². The number of likely N-dealkylation sites (tertiary alicyclic amines) is 1. The van der Waals surface area contributed by atoms with Crippen LogP contribution < -0.4 is 5.32 Å². The zero-order valence-electron chi connectivity index (χ0n) is 22.9. The van der Waals surface area contributed by atoms with Gasteiger partial charge in [0.15, 0.2) is 0 Å². The highest BCUT2D eigenvalue weighted by atomic mass is 17.1. The number of esters is 1. The minimum Gasteiger partial charge on any atom is -0.469 e. The maximum absolute atomic E-state index is 12.6. The Bertz CT molecular complexity index is 951. The van der Waals surface area contributed by atoms with Crippen LogP contribution in [0.25, 0.3) is 0 Å². The molecule has 0 aromatic rings. The third kappa shape index (κ3) is 5.66. The van der Waals surface area contributed by atoms with Crippen LogP contribution in [0, 0.1) is 17.8 Å². The van der Waals surface area contributed by atoms with Gasteiger partial charge >= 0.3 is 12.1 Å². The molecule has 37 heavy (non-hydrogen) atoms. The quantitative estimate of drug-likeness (QED) is 0.170. The fourth-order valence-corrected chi connectivity index (χ4v) is 6.49. The van der Waals surface area contributed by atoms with E-state index in [1.54, 1.807) is 4.90 Å². The highest BCUT2D eigenvalue weighted by Crippen LogP contribution is 2.58. The Morgan fingerprint density at radius 2 is 1.86 bits per heavy atom. The van der Waals surface area contributed by atoms with Gasteiger partial charge in [-0.05, 0) is 52.9 Å². The molecule has 1 saturated heterocycles. The van der Waals surface area contributed by atoms with Crippen molar-refractivity contribution in [2.45, 2.75) is 102 Å². The van der Waals surface area contributed by atoms with Gasteiger partial charge in [0, 0.05) is 42.8 Å². The molecule has 0 aromatic carbocycles. The molecule has 5 unspecified atom stereocenters. The van der Waals surface area contributed by atoms with Gasteiger partial charge < -0.3 is 24.4 Å². The zero-order valence-corrected chi connectivity index (χ0v) is 22.9. The van der Waals surface area contributed by atoms with Crippen molar-refractivity contribution in [2.75, 3.05) is 20.2 Å². The summed E-state index contributed by atoms with van der Waals surface area (Å²) in [5.41, 5.74) is -0.305. The first kappa shape index (κ1) is 27.9. The first-order valence-corrected chi connectivity index (χ1v) is 13.3. The van der Waals surface area contributed by atoms with Crippen molar-refractivity contribution in [3.63, 3.8) is 0 Å². The smallest absolute Gasteiger partial charge is 0.410 e. The summed E-state index contributed by atoms with van der Waals surface area (Å²) in [6.45, 7) is 10.6. The van der Waals surface area contributed by atoms with Gasteiger partial charge in [-0.3, -0.25) is 9.59 Å². The molecule has 208 valence electrons. The number of amides is 2. The Balaban J connectivity index is 1.44. The van der Waals surface area contributed by atoms with Crippen LogP contribution in [0.2, 0.25) is 0 Å². The van der Waals surface area contributed by atoms with Crippen molar-refractivity contribution in [1.82, 2.24) is 10.2 Å². The van der Waals surface area contributed by atoms with E-state index in [2.05, 4.69) is 16.1 Å². The average Bonchev–Trinajstić information content (AvgIpc) is 3.51. The molecule has 1 heterocycles. The van der Waals surface area contributed by atoms with Crippen LogP contribution in [-0.2, 0) is 28.7 Å². The van der Waals surface area contributed by atoms with Gasteiger partial charge in [0.2, 0.25) is 11.7 Å². The van der Waals surface area contributed by atoms with Gasteiger partial charge in [0.05, 0.1) is 19.1 Å². The summed E-state index contributed by atoms with van der Waals surface area (Å²) in [6, 6.07) is 0. The van der Waals surface area contributed by atoms with Crippen LogP contribution in [0.5, 0.6) is 0 Å². The van der Waals surface area contributed by atoms with Crippen molar-refractivity contribution in [3.8, 4) is 0 Å². The number of nitrogens with one attached hydrogen (secondary N) is 1. The van der Waals surface area contributed by atoms with Crippen molar-refractivity contribution < 1.29 is 38.7 Å². The predicted octanol–water partition coefficient (Wildman–Crippen LogP) is 3.79. The predicted molar refractivity (Wildman–Crippen MR) is 133 cm³/mol. The Hall–Kier alpha value is -2.17. The van der Waals surface area contributed by atoms with E-state index in [4.69, 9.17) is 14.4 Å². The molecule has 4 aliphatic carbocycles. The summed E-state index contributed by atoms with van der Waals surface area (Å²) in [7, 11) is 1.30. The molecule has 3 fully saturated rings. The molecule has 2 saturated carbocycles. The van der Waals surface area contributed by atoms with Crippen molar-refractivity contribution in [3.05, 3.63) is 11.6 Å². The first-order chi connectivity index (χ1) is 17.3. The maximum Gasteiger partial charge on any atom is 0.410 e. The largest absolute Gasteiger partial charge is 0.469 e. The summed E-state index contributed by atoms with van der Waals surface area (Å²) in [5, 5.41) is 13.4. The van der Waals surface area contributed by atoms with E-state index in [0.717, 1.165) is 19.3 Å². The third-order valence-corrected chi connectivity index (χ3v) is 8.40. The van der Waals surface area contributed by atoms with E-state index in [9.17, 15) is 19.6 Å². The van der Waals surface area contributed by atoms with Crippen LogP contribution in [0.1, 0.15) is 79.6 Å². The maximum atomic E-state index is 12.6. The molecular formula is C27H42N2O8. The van der Waals surface area contributed by atoms with Crippen LogP contribution in [0.15, 0.2) is 11.6 Å². The monoisotopic (exact) mass is 522 g/mol. The number of methoxy groups -OCH3 is 1. The molecule has 5 atom stereocenters. The molecule has 0 spiro atoms. The van der Waals surface area contributed by atoms with Gasteiger partial charge in [0.1, 0.15) is 5.60 Å². The van der Waals surface area contributed by atoms with E-state index >= 15 is 0 Å². The van der Waals surface area contributed by atoms with Crippen LogP contribution in [0.4, 0.5) is 4.79 Å². The molecule has 2 N–H and O–H groups in total. The normalized spacial score (nSPS) is 36.7. The van der Waals surface area contributed by atoms with Gasteiger partial charge in [-0.25, -0.2) is 14.9 Å². The molecule has 10 heteroatoms. The summed E-state index contributed by atoms with van der Waals surface area (Å²) in [4.78, 5) is 43.6.